The van der Waals surface area contributed by atoms with Crippen LogP contribution in [0.25, 0.3) is 0 Å². The second kappa shape index (κ2) is 14.5. The van der Waals surface area contributed by atoms with E-state index in [4.69, 9.17) is 29.0 Å². The third-order valence-corrected chi connectivity index (χ3v) is 7.42. The maximum atomic E-state index is 14.3. The molecule has 1 heterocycles. The molecule has 44 heavy (non-hydrogen) atoms. The first-order chi connectivity index (χ1) is 21.6. The average molecular weight is 596 g/mol. The number of hydrogen-bond acceptors (Lipinski definition) is 8. The van der Waals surface area contributed by atoms with Gasteiger partial charge in [0.25, 0.3) is 5.91 Å². The number of aliphatic hydroxyl groups is 1. The number of nitrogens with one attached hydrogen (secondary N) is 2. The lowest BCUT2D eigenvalue weighted by molar-refractivity contribution is -0.130. The minimum atomic E-state index is -1.33. The van der Waals surface area contributed by atoms with Gasteiger partial charge in [-0.25, -0.2) is 10.4 Å². The summed E-state index contributed by atoms with van der Waals surface area (Å²) in [5.41, 5.74) is 8.02. The lowest BCUT2D eigenvalue weighted by Gasteiger charge is -2.31. The van der Waals surface area contributed by atoms with Crippen LogP contribution in [0.1, 0.15) is 34.8 Å². The van der Waals surface area contributed by atoms with Gasteiger partial charge >= 0.3 is 0 Å². The zero-order valence-corrected chi connectivity index (χ0v) is 24.9. The molecule has 9 heteroatoms. The number of carbonyl (C=O) groups excluding carboxylic acids is 1. The van der Waals surface area contributed by atoms with Crippen LogP contribution in [0.2, 0.25) is 0 Å². The Kier molecular flexibility index (Phi) is 10.1. The third kappa shape index (κ3) is 7.02. The van der Waals surface area contributed by atoms with Crippen molar-refractivity contribution in [1.82, 2.24) is 10.9 Å². The second-order valence-electron chi connectivity index (χ2n) is 10.3. The van der Waals surface area contributed by atoms with Gasteiger partial charge in [0.05, 0.1) is 20.8 Å². The quantitative estimate of drug-likeness (QED) is 0.142. The Morgan fingerprint density at radius 3 is 2.30 bits per heavy atom. The van der Waals surface area contributed by atoms with E-state index >= 15 is 0 Å². The number of aliphatic hydroxyl groups excluding tert-OH is 1. The van der Waals surface area contributed by atoms with Crippen molar-refractivity contribution < 1.29 is 28.8 Å². The monoisotopic (exact) mass is 595 g/mol. The van der Waals surface area contributed by atoms with Crippen molar-refractivity contribution in [1.29, 1.82) is 0 Å². The molecule has 1 amide bonds. The second-order valence-corrected chi connectivity index (χ2v) is 10.3. The van der Waals surface area contributed by atoms with E-state index in [1.54, 1.807) is 20.3 Å². The molecular formula is C35H37N3O6. The molecule has 9 nitrogen and oxygen atoms in total. The Labute approximate surface area is 257 Å². The van der Waals surface area contributed by atoms with E-state index < -0.39 is 11.6 Å². The Morgan fingerprint density at radius 1 is 0.909 bits per heavy atom. The SMILES string of the molecule is COc1ccc(CNNC(=O)[C@@]2(Cc3ccccc3)N=C(c3ccc(OCCCO)cc3)O[C@H]2c2ccccc2)c(OC)c1. The molecule has 0 aromatic heterocycles. The number of benzene rings is 4. The predicted octanol–water partition coefficient (Wildman–Crippen LogP) is 4.79. The summed E-state index contributed by atoms with van der Waals surface area (Å²) in [5, 5.41) is 9.05. The van der Waals surface area contributed by atoms with Gasteiger partial charge in [-0.15, -0.1) is 0 Å². The Morgan fingerprint density at radius 2 is 1.61 bits per heavy atom. The lowest BCUT2D eigenvalue weighted by Crippen LogP contribution is -2.53. The number of aliphatic imine (C=N–C) groups is 1. The number of carbonyl (C=O) groups is 1. The summed E-state index contributed by atoms with van der Waals surface area (Å²) >= 11 is 0. The largest absolute Gasteiger partial charge is 0.497 e. The van der Waals surface area contributed by atoms with E-state index in [0.29, 0.717) is 49.1 Å². The average Bonchev–Trinajstić information content (AvgIpc) is 3.46. The smallest absolute Gasteiger partial charge is 0.266 e. The van der Waals surface area contributed by atoms with Crippen molar-refractivity contribution in [2.45, 2.75) is 31.0 Å². The van der Waals surface area contributed by atoms with Crippen molar-refractivity contribution in [3.8, 4) is 17.2 Å². The molecule has 2 atom stereocenters. The van der Waals surface area contributed by atoms with Crippen LogP contribution in [-0.2, 0) is 22.5 Å². The third-order valence-electron chi connectivity index (χ3n) is 7.42. The molecule has 5 rings (SSSR count). The van der Waals surface area contributed by atoms with E-state index in [0.717, 1.165) is 22.3 Å². The Hall–Kier alpha value is -4.86. The van der Waals surface area contributed by atoms with Gasteiger partial charge in [0.15, 0.2) is 11.6 Å². The Balaban J connectivity index is 1.47. The summed E-state index contributed by atoms with van der Waals surface area (Å²) in [6, 6.07) is 32.4. The summed E-state index contributed by atoms with van der Waals surface area (Å²) in [6.45, 7) is 0.794. The van der Waals surface area contributed by atoms with Gasteiger partial charge in [-0.05, 0) is 41.5 Å². The summed E-state index contributed by atoms with van der Waals surface area (Å²) in [7, 11) is 3.19. The molecule has 3 N–H and O–H groups in total. The highest BCUT2D eigenvalue weighted by Gasteiger charge is 2.53. The summed E-state index contributed by atoms with van der Waals surface area (Å²) in [6.07, 6.45) is 0.155. The fraction of sp³-hybridized carbons (Fsp3) is 0.257. The van der Waals surface area contributed by atoms with Crippen molar-refractivity contribution >= 4 is 11.8 Å². The van der Waals surface area contributed by atoms with Crippen molar-refractivity contribution in [3.63, 3.8) is 0 Å². The topological polar surface area (TPSA) is 111 Å². The highest BCUT2D eigenvalue weighted by atomic mass is 16.5. The molecule has 228 valence electrons. The van der Waals surface area contributed by atoms with Crippen LogP contribution in [0.4, 0.5) is 0 Å². The van der Waals surface area contributed by atoms with Gasteiger partial charge in [0.2, 0.25) is 5.90 Å². The summed E-state index contributed by atoms with van der Waals surface area (Å²) < 4.78 is 23.1. The van der Waals surface area contributed by atoms with Crippen LogP contribution < -0.4 is 25.1 Å². The number of hydrazine groups is 1. The molecule has 4 aromatic carbocycles. The minimum Gasteiger partial charge on any atom is -0.497 e. The molecule has 0 fully saturated rings. The van der Waals surface area contributed by atoms with Gasteiger partial charge in [-0.2, -0.15) is 0 Å². The maximum Gasteiger partial charge on any atom is 0.266 e. The molecule has 0 saturated carbocycles. The summed E-state index contributed by atoms with van der Waals surface area (Å²) in [4.78, 5) is 19.4. The van der Waals surface area contributed by atoms with E-state index in [-0.39, 0.29) is 12.5 Å². The highest BCUT2D eigenvalue weighted by Crippen LogP contribution is 2.42. The molecule has 0 radical (unpaired) electrons. The molecular weight excluding hydrogens is 558 g/mol. The van der Waals surface area contributed by atoms with Gasteiger partial charge in [-0.3, -0.25) is 10.2 Å². The van der Waals surface area contributed by atoms with Crippen molar-refractivity contribution in [2.75, 3.05) is 27.4 Å². The first kappa shape index (κ1) is 30.6. The van der Waals surface area contributed by atoms with E-state index in [9.17, 15) is 4.79 Å². The van der Waals surface area contributed by atoms with Crippen LogP contribution in [0, 0.1) is 0 Å². The van der Waals surface area contributed by atoms with Gasteiger partial charge in [0.1, 0.15) is 17.2 Å². The number of methoxy groups -OCH3 is 2. The van der Waals surface area contributed by atoms with Gasteiger partial charge in [0, 0.05) is 43.2 Å². The molecule has 0 bridgehead atoms. The van der Waals surface area contributed by atoms with Crippen LogP contribution >= 0.6 is 0 Å². The van der Waals surface area contributed by atoms with E-state index in [1.165, 1.54) is 0 Å². The first-order valence-electron chi connectivity index (χ1n) is 14.5. The lowest BCUT2D eigenvalue weighted by atomic mass is 9.82. The van der Waals surface area contributed by atoms with E-state index in [2.05, 4.69) is 10.9 Å². The molecule has 0 spiro atoms. The zero-order chi connectivity index (χ0) is 30.8. The van der Waals surface area contributed by atoms with Crippen molar-refractivity contribution in [3.05, 3.63) is 125 Å². The van der Waals surface area contributed by atoms with Gasteiger partial charge < -0.3 is 24.1 Å². The normalized spacial score (nSPS) is 17.3. The molecule has 1 aliphatic heterocycles. The van der Waals surface area contributed by atoms with Crippen molar-refractivity contribution in [2.24, 2.45) is 4.99 Å². The number of rotatable bonds is 14. The van der Waals surface area contributed by atoms with Crippen LogP contribution in [0.5, 0.6) is 17.2 Å². The minimum absolute atomic E-state index is 0.0671. The summed E-state index contributed by atoms with van der Waals surface area (Å²) in [5.74, 6) is 2.02. The molecule has 0 unspecified atom stereocenters. The fourth-order valence-corrected chi connectivity index (χ4v) is 5.14. The first-order valence-corrected chi connectivity index (χ1v) is 14.5. The van der Waals surface area contributed by atoms with Crippen LogP contribution in [-0.4, -0.2) is 49.9 Å². The highest BCUT2D eigenvalue weighted by molar-refractivity contribution is 6.01. The maximum absolute atomic E-state index is 14.3. The van der Waals surface area contributed by atoms with Crippen LogP contribution in [0.3, 0.4) is 0 Å². The molecule has 0 aliphatic carbocycles. The zero-order valence-electron chi connectivity index (χ0n) is 24.9. The number of hydrogen-bond donors (Lipinski definition) is 3. The van der Waals surface area contributed by atoms with Crippen LogP contribution in [0.15, 0.2) is 108 Å². The molecule has 0 saturated heterocycles. The number of amides is 1. The number of nitrogens with zero attached hydrogens (tertiary/aromatic N) is 1. The van der Waals surface area contributed by atoms with Gasteiger partial charge in [-0.1, -0.05) is 66.7 Å². The van der Waals surface area contributed by atoms with E-state index in [1.807, 2.05) is 97.1 Å². The number of ether oxygens (including phenoxy) is 4. The molecule has 1 aliphatic rings. The Bertz CT molecular complexity index is 1550. The fourth-order valence-electron chi connectivity index (χ4n) is 5.14. The predicted molar refractivity (Wildman–Crippen MR) is 168 cm³/mol. The standard InChI is InChI=1S/C35H37N3O6/c1-41-30-19-16-28(31(22-30)42-2)24-36-38-34(40)35(23-25-10-5-3-6-11-25)32(26-12-7-4-8-13-26)44-33(37-35)27-14-17-29(18-15-27)43-21-9-20-39/h3-8,10-19,22,32,36,39H,9,20-21,23-24H2,1-2H3,(H,38,40)/t32-,35-/m0/s1. The molecule has 4 aromatic rings.